The van der Waals surface area contributed by atoms with Crippen LogP contribution in [0.5, 0.6) is 11.5 Å². The van der Waals surface area contributed by atoms with Gasteiger partial charge in [-0.2, -0.15) is 0 Å². The summed E-state index contributed by atoms with van der Waals surface area (Å²) in [5.41, 5.74) is 1.13. The van der Waals surface area contributed by atoms with Gasteiger partial charge in [0, 0.05) is 17.6 Å². The molecule has 0 fully saturated rings. The number of carbonyl (C=O) groups excluding carboxylic acids is 3. The van der Waals surface area contributed by atoms with E-state index in [1.54, 1.807) is 25.1 Å². The molecule has 1 N–H and O–H groups in total. The molecule has 0 aromatic heterocycles. The molecule has 0 aliphatic heterocycles. The summed E-state index contributed by atoms with van der Waals surface area (Å²) in [5, 5.41) is 3.36. The van der Waals surface area contributed by atoms with E-state index in [0.717, 1.165) is 5.56 Å². The van der Waals surface area contributed by atoms with Gasteiger partial charge < -0.3 is 24.4 Å². The van der Waals surface area contributed by atoms with E-state index in [0.29, 0.717) is 29.7 Å². The molecule has 2 rings (SSSR count). The Morgan fingerprint density at radius 2 is 1.76 bits per heavy atom. The SMILES string of the molecule is CCN(CC(=O)NC(C)C)C(=O)COC(=O)c1ccc(OCc2ccc(Cl)cc2)c(OC)c1. The minimum atomic E-state index is -0.686. The number of nitrogens with zero attached hydrogens (tertiary/aromatic N) is 1. The van der Waals surface area contributed by atoms with E-state index in [-0.39, 0.29) is 24.1 Å². The smallest absolute Gasteiger partial charge is 0.338 e. The number of rotatable bonds is 11. The number of nitrogens with one attached hydrogen (secondary N) is 1. The van der Waals surface area contributed by atoms with Gasteiger partial charge in [-0.05, 0) is 56.7 Å². The van der Waals surface area contributed by atoms with Gasteiger partial charge in [0.05, 0.1) is 19.2 Å². The Balaban J connectivity index is 1.95. The molecule has 0 unspecified atom stereocenters. The lowest BCUT2D eigenvalue weighted by molar-refractivity contribution is -0.138. The Hall–Kier alpha value is -3.26. The van der Waals surface area contributed by atoms with E-state index in [2.05, 4.69) is 5.32 Å². The minimum Gasteiger partial charge on any atom is -0.493 e. The van der Waals surface area contributed by atoms with Crippen molar-refractivity contribution in [3.05, 3.63) is 58.6 Å². The Labute approximate surface area is 198 Å². The quantitative estimate of drug-likeness (QED) is 0.499. The van der Waals surface area contributed by atoms with Crippen LogP contribution >= 0.6 is 11.6 Å². The van der Waals surface area contributed by atoms with Crippen molar-refractivity contribution in [2.24, 2.45) is 0 Å². The second kappa shape index (κ2) is 12.7. The monoisotopic (exact) mass is 476 g/mol. The van der Waals surface area contributed by atoms with Gasteiger partial charge in [-0.3, -0.25) is 9.59 Å². The van der Waals surface area contributed by atoms with Crippen LogP contribution in [0.4, 0.5) is 0 Å². The minimum absolute atomic E-state index is 0.0303. The summed E-state index contributed by atoms with van der Waals surface area (Å²) in [4.78, 5) is 38.0. The first-order chi connectivity index (χ1) is 15.7. The second-order valence-corrected chi connectivity index (χ2v) is 7.92. The van der Waals surface area contributed by atoms with Gasteiger partial charge in [0.15, 0.2) is 18.1 Å². The average Bonchev–Trinajstić information content (AvgIpc) is 2.79. The molecule has 2 aromatic carbocycles. The highest BCUT2D eigenvalue weighted by Gasteiger charge is 2.19. The predicted octanol–water partition coefficient (Wildman–Crippen LogP) is 3.46. The van der Waals surface area contributed by atoms with Gasteiger partial charge in [0.25, 0.3) is 5.91 Å². The van der Waals surface area contributed by atoms with Gasteiger partial charge in [0.1, 0.15) is 6.61 Å². The zero-order valence-corrected chi connectivity index (χ0v) is 20.0. The van der Waals surface area contributed by atoms with Crippen LogP contribution in [0, 0.1) is 0 Å². The molecule has 0 radical (unpaired) electrons. The van der Waals surface area contributed by atoms with Crippen LogP contribution < -0.4 is 14.8 Å². The number of halogens is 1. The maximum absolute atomic E-state index is 12.4. The number of carbonyl (C=O) groups is 3. The average molecular weight is 477 g/mol. The van der Waals surface area contributed by atoms with Crippen LogP contribution in [0.2, 0.25) is 5.02 Å². The molecule has 0 aliphatic carbocycles. The van der Waals surface area contributed by atoms with Crippen LogP contribution in [0.25, 0.3) is 0 Å². The van der Waals surface area contributed by atoms with Gasteiger partial charge in [-0.15, -0.1) is 0 Å². The standard InChI is InChI=1S/C24H29ClN2O6/c1-5-27(13-22(28)26-16(2)3)23(29)15-33-24(30)18-8-11-20(21(12-18)31-4)32-14-17-6-9-19(25)10-7-17/h6-12,16H,5,13-15H2,1-4H3,(H,26,28). The fraction of sp³-hybridized carbons (Fsp3) is 0.375. The molecule has 2 amide bonds. The van der Waals surface area contributed by atoms with E-state index in [1.807, 2.05) is 26.0 Å². The molecule has 0 atom stereocenters. The van der Waals surface area contributed by atoms with Gasteiger partial charge >= 0.3 is 5.97 Å². The third-order valence-electron chi connectivity index (χ3n) is 4.55. The summed E-state index contributed by atoms with van der Waals surface area (Å²) >= 11 is 5.89. The molecule has 178 valence electrons. The largest absolute Gasteiger partial charge is 0.493 e. The van der Waals surface area contributed by atoms with Crippen LogP contribution in [0.1, 0.15) is 36.7 Å². The van der Waals surface area contributed by atoms with E-state index in [4.69, 9.17) is 25.8 Å². The molecule has 0 saturated carbocycles. The summed E-state index contributed by atoms with van der Waals surface area (Å²) in [6, 6.07) is 11.8. The Morgan fingerprint density at radius 1 is 1.06 bits per heavy atom. The van der Waals surface area contributed by atoms with Crippen LogP contribution in [-0.4, -0.2) is 55.5 Å². The van der Waals surface area contributed by atoms with E-state index < -0.39 is 18.5 Å². The van der Waals surface area contributed by atoms with Crippen LogP contribution in [0.15, 0.2) is 42.5 Å². The molecule has 0 saturated heterocycles. The lowest BCUT2D eigenvalue weighted by Gasteiger charge is -2.21. The normalized spacial score (nSPS) is 10.5. The van der Waals surface area contributed by atoms with Crippen molar-refractivity contribution >= 4 is 29.4 Å². The van der Waals surface area contributed by atoms with Crippen molar-refractivity contribution < 1.29 is 28.6 Å². The molecule has 9 heteroatoms. The number of benzene rings is 2. The maximum Gasteiger partial charge on any atom is 0.338 e. The topological polar surface area (TPSA) is 94.2 Å². The van der Waals surface area contributed by atoms with Crippen molar-refractivity contribution in [1.29, 1.82) is 0 Å². The molecule has 33 heavy (non-hydrogen) atoms. The number of hydrogen-bond acceptors (Lipinski definition) is 6. The highest BCUT2D eigenvalue weighted by Crippen LogP contribution is 2.29. The van der Waals surface area contributed by atoms with Crippen LogP contribution in [-0.2, 0) is 20.9 Å². The third-order valence-corrected chi connectivity index (χ3v) is 4.80. The van der Waals surface area contributed by atoms with Crippen molar-refractivity contribution in [3.63, 3.8) is 0 Å². The Morgan fingerprint density at radius 3 is 2.36 bits per heavy atom. The molecular formula is C24H29ClN2O6. The number of ether oxygens (including phenoxy) is 3. The van der Waals surface area contributed by atoms with E-state index >= 15 is 0 Å². The van der Waals surface area contributed by atoms with Gasteiger partial charge in [0.2, 0.25) is 5.91 Å². The molecule has 0 aliphatic rings. The number of hydrogen-bond donors (Lipinski definition) is 1. The molecule has 2 aromatic rings. The third kappa shape index (κ3) is 8.31. The van der Waals surface area contributed by atoms with Crippen molar-refractivity contribution in [1.82, 2.24) is 10.2 Å². The highest BCUT2D eigenvalue weighted by molar-refractivity contribution is 6.30. The zero-order valence-electron chi connectivity index (χ0n) is 19.2. The highest BCUT2D eigenvalue weighted by atomic mass is 35.5. The summed E-state index contributed by atoms with van der Waals surface area (Å²) in [6.07, 6.45) is 0. The molecule has 0 spiro atoms. The predicted molar refractivity (Wildman–Crippen MR) is 125 cm³/mol. The zero-order chi connectivity index (χ0) is 24.4. The van der Waals surface area contributed by atoms with Gasteiger partial charge in [-0.1, -0.05) is 23.7 Å². The Kier molecular flexibility index (Phi) is 10.00. The summed E-state index contributed by atoms with van der Waals surface area (Å²) in [7, 11) is 1.46. The van der Waals surface area contributed by atoms with Gasteiger partial charge in [-0.25, -0.2) is 4.79 Å². The fourth-order valence-electron chi connectivity index (χ4n) is 2.87. The number of methoxy groups -OCH3 is 1. The second-order valence-electron chi connectivity index (χ2n) is 7.49. The number of esters is 1. The lowest BCUT2D eigenvalue weighted by Crippen LogP contribution is -2.44. The summed E-state index contributed by atoms with van der Waals surface area (Å²) in [6.45, 7) is 5.45. The first-order valence-corrected chi connectivity index (χ1v) is 10.9. The van der Waals surface area contributed by atoms with Crippen molar-refractivity contribution in [2.75, 3.05) is 26.8 Å². The van der Waals surface area contributed by atoms with E-state index in [9.17, 15) is 14.4 Å². The summed E-state index contributed by atoms with van der Waals surface area (Å²) in [5.74, 6) is -0.614. The fourth-order valence-corrected chi connectivity index (χ4v) is 3.00. The van der Waals surface area contributed by atoms with Crippen molar-refractivity contribution in [3.8, 4) is 11.5 Å². The Bertz CT molecular complexity index is 962. The van der Waals surface area contributed by atoms with Crippen LogP contribution in [0.3, 0.4) is 0 Å². The summed E-state index contributed by atoms with van der Waals surface area (Å²) < 4.78 is 16.2. The first kappa shape index (κ1) is 26.0. The van der Waals surface area contributed by atoms with Crippen molar-refractivity contribution in [2.45, 2.75) is 33.4 Å². The maximum atomic E-state index is 12.4. The molecular weight excluding hydrogens is 448 g/mol. The number of amides is 2. The molecule has 0 heterocycles. The molecule has 0 bridgehead atoms. The number of likely N-dealkylation sites (N-methyl/N-ethyl adjacent to an activating group) is 1. The molecule has 8 nitrogen and oxygen atoms in total. The van der Waals surface area contributed by atoms with E-state index in [1.165, 1.54) is 24.1 Å². The lowest BCUT2D eigenvalue weighted by atomic mass is 10.2. The first-order valence-electron chi connectivity index (χ1n) is 10.5.